The number of alkyl carbamates (subject to hydrolysis) is 1. The van der Waals surface area contributed by atoms with Crippen LogP contribution in [0.25, 0.3) is 0 Å². The normalized spacial score (nSPS) is 13.2. The molecule has 0 saturated carbocycles. The number of carboxylic acid groups (broad SMARTS) is 1. The lowest BCUT2D eigenvalue weighted by Gasteiger charge is -2.22. The molecule has 1 rings (SSSR count). The lowest BCUT2D eigenvalue weighted by molar-refractivity contribution is -0.168. The van der Waals surface area contributed by atoms with Gasteiger partial charge in [0, 0.05) is 6.54 Å². The molecule has 1 unspecified atom stereocenters. The Bertz CT molecular complexity index is 869. The highest BCUT2D eigenvalue weighted by Crippen LogP contribution is 2.37. The van der Waals surface area contributed by atoms with Crippen molar-refractivity contribution in [2.75, 3.05) is 6.54 Å². The van der Waals surface area contributed by atoms with Crippen LogP contribution in [-0.4, -0.2) is 56.4 Å². The molecule has 0 fully saturated rings. The van der Waals surface area contributed by atoms with Gasteiger partial charge >= 0.3 is 24.4 Å². The topological polar surface area (TPSA) is 143 Å². The van der Waals surface area contributed by atoms with Gasteiger partial charge in [-0.15, -0.1) is 10.2 Å². The van der Waals surface area contributed by atoms with Crippen molar-refractivity contribution in [1.82, 2.24) is 25.8 Å². The van der Waals surface area contributed by atoms with E-state index in [2.05, 4.69) is 25.8 Å². The van der Waals surface area contributed by atoms with Gasteiger partial charge in [0.1, 0.15) is 11.6 Å². The Labute approximate surface area is 183 Å². The van der Waals surface area contributed by atoms with Gasteiger partial charge in [0.25, 0.3) is 5.91 Å². The minimum Gasteiger partial charge on any atom is -0.480 e. The lowest BCUT2D eigenvalue weighted by atomic mass is 10.1. The summed E-state index contributed by atoms with van der Waals surface area (Å²) in [7, 11) is 0. The molecule has 0 aliphatic heterocycles. The molecule has 1 aromatic heterocycles. The first-order valence-corrected chi connectivity index (χ1v) is 9.31. The molecular weight excluding hydrogens is 468 g/mol. The maximum absolute atomic E-state index is 12.8. The number of hydrogen-bond donors (Lipinski definition) is 3. The largest absolute Gasteiger partial charge is 0.480 e. The maximum atomic E-state index is 12.8. The number of aliphatic carboxylic acids is 1. The summed E-state index contributed by atoms with van der Waals surface area (Å²) in [5.74, 6) is -3.86. The van der Waals surface area contributed by atoms with Crippen LogP contribution in [0, 0.1) is 0 Å². The van der Waals surface area contributed by atoms with Crippen LogP contribution < -0.4 is 10.6 Å². The van der Waals surface area contributed by atoms with Crippen molar-refractivity contribution in [3.63, 3.8) is 0 Å². The van der Waals surface area contributed by atoms with Crippen molar-refractivity contribution in [3.8, 4) is 0 Å². The summed E-state index contributed by atoms with van der Waals surface area (Å²) >= 11 is 0. The van der Waals surface area contributed by atoms with E-state index in [0.717, 1.165) is 0 Å². The molecule has 0 aromatic carbocycles. The van der Waals surface area contributed by atoms with Gasteiger partial charge in [0.2, 0.25) is 5.82 Å². The fraction of sp³-hybridized carbons (Fsp3) is 0.647. The summed E-state index contributed by atoms with van der Waals surface area (Å²) in [6.45, 7) is 4.55. The summed E-state index contributed by atoms with van der Waals surface area (Å²) < 4.78 is 81.5. The third-order valence-corrected chi connectivity index (χ3v) is 3.62. The van der Waals surface area contributed by atoms with E-state index in [-0.39, 0.29) is 25.8 Å². The summed E-state index contributed by atoms with van der Waals surface area (Å²) in [6.07, 6.45) is -11.8. The SMILES string of the molecule is CC(C)(C)OC(=O)NC(CCCCNC(=O)c1nnc(C(F)(F)F)c(C(F)(F)F)n1)C(=O)O. The van der Waals surface area contributed by atoms with E-state index in [1.54, 1.807) is 20.8 Å². The van der Waals surface area contributed by atoms with Gasteiger partial charge in [-0.05, 0) is 40.0 Å². The van der Waals surface area contributed by atoms with E-state index in [4.69, 9.17) is 9.84 Å². The Morgan fingerprint density at radius 1 is 0.970 bits per heavy atom. The maximum Gasteiger partial charge on any atom is 0.437 e. The van der Waals surface area contributed by atoms with Crippen LogP contribution in [0.1, 0.15) is 62.0 Å². The van der Waals surface area contributed by atoms with Crippen LogP contribution >= 0.6 is 0 Å². The number of nitrogens with zero attached hydrogens (tertiary/aromatic N) is 3. The fourth-order valence-corrected chi connectivity index (χ4v) is 2.27. The number of rotatable bonds is 8. The molecule has 0 radical (unpaired) electrons. The zero-order valence-corrected chi connectivity index (χ0v) is 17.6. The molecule has 10 nitrogen and oxygen atoms in total. The fourth-order valence-electron chi connectivity index (χ4n) is 2.27. The molecular formula is C17H21F6N5O5. The molecule has 0 saturated heterocycles. The number of halogens is 6. The second-order valence-corrected chi connectivity index (χ2v) is 7.62. The number of ether oxygens (including phenoxy) is 1. The quantitative estimate of drug-likeness (QED) is 0.374. The molecule has 16 heteroatoms. The lowest BCUT2D eigenvalue weighted by Crippen LogP contribution is -2.43. The van der Waals surface area contributed by atoms with Gasteiger partial charge in [0.15, 0.2) is 11.4 Å². The Kier molecular flexibility index (Phi) is 8.95. The Morgan fingerprint density at radius 3 is 2.03 bits per heavy atom. The predicted octanol–water partition coefficient (Wildman–Crippen LogP) is 2.79. The van der Waals surface area contributed by atoms with Gasteiger partial charge in [-0.3, -0.25) is 4.79 Å². The Morgan fingerprint density at radius 2 is 1.55 bits per heavy atom. The first kappa shape index (κ1) is 27.8. The van der Waals surface area contributed by atoms with Crippen molar-refractivity contribution in [1.29, 1.82) is 0 Å². The minimum absolute atomic E-state index is 0.0684. The molecule has 3 N–H and O–H groups in total. The number of aromatic nitrogens is 3. The van der Waals surface area contributed by atoms with Crippen molar-refractivity contribution in [3.05, 3.63) is 17.2 Å². The Balaban J connectivity index is 2.64. The molecule has 1 heterocycles. The van der Waals surface area contributed by atoms with Gasteiger partial charge in [-0.1, -0.05) is 0 Å². The first-order valence-electron chi connectivity index (χ1n) is 9.31. The second-order valence-electron chi connectivity index (χ2n) is 7.62. The molecule has 2 amide bonds. The van der Waals surface area contributed by atoms with E-state index in [1.165, 1.54) is 0 Å². The number of alkyl halides is 6. The number of amides is 2. The van der Waals surface area contributed by atoms with Crippen molar-refractivity contribution >= 4 is 18.0 Å². The highest BCUT2D eigenvalue weighted by molar-refractivity contribution is 5.90. The van der Waals surface area contributed by atoms with E-state index in [9.17, 15) is 40.7 Å². The molecule has 186 valence electrons. The highest BCUT2D eigenvalue weighted by atomic mass is 19.4. The van der Waals surface area contributed by atoms with Gasteiger partial charge in [0.05, 0.1) is 0 Å². The van der Waals surface area contributed by atoms with Crippen LogP contribution in [0.4, 0.5) is 31.1 Å². The van der Waals surface area contributed by atoms with E-state index in [0.29, 0.717) is 0 Å². The van der Waals surface area contributed by atoms with Crippen LogP contribution in [-0.2, 0) is 21.9 Å². The van der Waals surface area contributed by atoms with Crippen LogP contribution in [0.15, 0.2) is 0 Å². The molecule has 1 aromatic rings. The number of carbonyl (C=O) groups is 3. The summed E-state index contributed by atoms with van der Waals surface area (Å²) in [4.78, 5) is 37.4. The molecule has 0 spiro atoms. The van der Waals surface area contributed by atoms with E-state index in [1.807, 2.05) is 0 Å². The first-order chi connectivity index (χ1) is 14.9. The molecule has 0 bridgehead atoms. The number of carbonyl (C=O) groups excluding carboxylic acids is 2. The number of hydrogen-bond acceptors (Lipinski definition) is 7. The summed E-state index contributed by atoms with van der Waals surface area (Å²) in [6, 6.07) is -1.30. The number of unbranched alkanes of at least 4 members (excludes halogenated alkanes) is 1. The van der Waals surface area contributed by atoms with Crippen LogP contribution in [0.3, 0.4) is 0 Å². The minimum atomic E-state index is -5.52. The zero-order valence-electron chi connectivity index (χ0n) is 17.6. The number of carboxylic acids is 1. The zero-order chi connectivity index (χ0) is 25.6. The molecule has 0 aliphatic carbocycles. The summed E-state index contributed by atoms with van der Waals surface area (Å²) in [5, 5.41) is 18.7. The van der Waals surface area contributed by atoms with Crippen LogP contribution in [0.2, 0.25) is 0 Å². The van der Waals surface area contributed by atoms with Crippen molar-refractivity contribution in [2.24, 2.45) is 0 Å². The van der Waals surface area contributed by atoms with Gasteiger partial charge in [-0.25, -0.2) is 14.6 Å². The van der Waals surface area contributed by atoms with Gasteiger partial charge < -0.3 is 20.5 Å². The summed E-state index contributed by atoms with van der Waals surface area (Å²) in [5.41, 5.74) is -5.62. The van der Waals surface area contributed by atoms with Crippen molar-refractivity contribution in [2.45, 2.75) is 64.0 Å². The average Bonchev–Trinajstić information content (AvgIpc) is 2.63. The average molecular weight is 489 g/mol. The number of nitrogens with one attached hydrogen (secondary N) is 2. The van der Waals surface area contributed by atoms with Crippen molar-refractivity contribution < 1.29 is 50.6 Å². The highest BCUT2D eigenvalue weighted by Gasteiger charge is 2.47. The van der Waals surface area contributed by atoms with E-state index < -0.39 is 59.2 Å². The third kappa shape index (κ3) is 9.44. The molecule has 33 heavy (non-hydrogen) atoms. The standard InChI is InChI=1S/C17H21F6N5O5/c1-15(2,3)33-14(32)25-8(13(30)31)6-4-5-7-24-12(29)11-26-9(16(18,19)20)10(27-28-11)17(21,22)23/h8H,4-7H2,1-3H3,(H,24,29)(H,25,32)(H,30,31). The second kappa shape index (κ2) is 10.6. The molecule has 0 aliphatic rings. The van der Waals surface area contributed by atoms with Crippen LogP contribution in [0.5, 0.6) is 0 Å². The smallest absolute Gasteiger partial charge is 0.437 e. The Hall–Kier alpha value is -3.20. The van der Waals surface area contributed by atoms with Gasteiger partial charge in [-0.2, -0.15) is 26.3 Å². The predicted molar refractivity (Wildman–Crippen MR) is 96.8 cm³/mol. The monoisotopic (exact) mass is 489 g/mol. The third-order valence-electron chi connectivity index (χ3n) is 3.62. The van der Waals surface area contributed by atoms with E-state index >= 15 is 0 Å². The molecule has 1 atom stereocenters.